The fourth-order valence-electron chi connectivity index (χ4n) is 5.77. The molecule has 1 N–H and O–H groups in total. The average molecular weight is 573 g/mol. The number of carbonyl (C=O) groups excluding carboxylic acids is 1. The number of fused-ring (bicyclic) bond motifs is 1. The molecule has 7 heteroatoms. The first kappa shape index (κ1) is 29.5. The Morgan fingerprint density at radius 2 is 1.57 bits per heavy atom. The number of hydrogen-bond acceptors (Lipinski definition) is 7. The van der Waals surface area contributed by atoms with Crippen molar-refractivity contribution >= 4 is 11.5 Å². The molecule has 0 radical (unpaired) electrons. The van der Waals surface area contributed by atoms with E-state index >= 15 is 0 Å². The van der Waals surface area contributed by atoms with Crippen molar-refractivity contribution in [3.63, 3.8) is 0 Å². The van der Waals surface area contributed by atoms with Crippen molar-refractivity contribution in [3.05, 3.63) is 88.0 Å². The Morgan fingerprint density at radius 3 is 2.29 bits per heavy atom. The van der Waals surface area contributed by atoms with E-state index in [4.69, 9.17) is 23.7 Å². The number of aliphatic hydroxyl groups is 1. The second-order valence-electron chi connectivity index (χ2n) is 11.0. The molecule has 222 valence electrons. The summed E-state index contributed by atoms with van der Waals surface area (Å²) in [6.07, 6.45) is 7.55. The first-order valence-corrected chi connectivity index (χ1v) is 14.8. The summed E-state index contributed by atoms with van der Waals surface area (Å²) in [7, 11) is 1.58. The topological polar surface area (TPSA) is 83.5 Å². The van der Waals surface area contributed by atoms with Crippen LogP contribution >= 0.6 is 0 Å². The maximum atomic E-state index is 13.4. The van der Waals surface area contributed by atoms with Gasteiger partial charge >= 0.3 is 5.97 Å². The molecule has 0 saturated heterocycles. The summed E-state index contributed by atoms with van der Waals surface area (Å²) >= 11 is 0. The summed E-state index contributed by atoms with van der Waals surface area (Å²) in [5, 5.41) is 12.0. The van der Waals surface area contributed by atoms with Gasteiger partial charge in [0.15, 0.2) is 11.5 Å². The quantitative estimate of drug-likeness (QED) is 0.172. The van der Waals surface area contributed by atoms with Gasteiger partial charge in [-0.15, -0.1) is 0 Å². The molecular formula is C35H40O7. The third kappa shape index (κ3) is 6.12. The van der Waals surface area contributed by atoms with Crippen LogP contribution < -0.4 is 18.9 Å². The van der Waals surface area contributed by atoms with Crippen LogP contribution in [-0.4, -0.2) is 31.6 Å². The minimum absolute atomic E-state index is 0.122. The Labute approximate surface area is 248 Å². The molecule has 0 bridgehead atoms. The number of unbranched alkanes of at least 4 members (excludes halogenated alkanes) is 5. The number of hydrogen-bond donors (Lipinski definition) is 1. The zero-order chi connectivity index (χ0) is 29.7. The predicted octanol–water partition coefficient (Wildman–Crippen LogP) is 7.18. The summed E-state index contributed by atoms with van der Waals surface area (Å²) in [6.45, 7) is 7.10. The largest absolute Gasteiger partial charge is 0.497 e. The Balaban J connectivity index is 1.46. The molecule has 0 spiro atoms. The van der Waals surface area contributed by atoms with Crippen LogP contribution in [0.5, 0.6) is 23.0 Å². The number of cyclic esters (lactones) is 1. The second-order valence-corrected chi connectivity index (χ2v) is 11.0. The number of aryl methyl sites for hydroxylation is 2. The van der Waals surface area contributed by atoms with Gasteiger partial charge in [-0.2, -0.15) is 0 Å². The smallest absolute Gasteiger partial charge is 0.342 e. The van der Waals surface area contributed by atoms with Crippen LogP contribution in [0.15, 0.2) is 60.2 Å². The lowest BCUT2D eigenvalue weighted by Crippen LogP contribution is -2.29. The predicted molar refractivity (Wildman–Crippen MR) is 161 cm³/mol. The van der Waals surface area contributed by atoms with E-state index in [0.717, 1.165) is 28.9 Å². The van der Waals surface area contributed by atoms with Gasteiger partial charge in [0, 0.05) is 17.6 Å². The lowest BCUT2D eigenvalue weighted by atomic mass is 9.87. The van der Waals surface area contributed by atoms with Crippen LogP contribution in [0.25, 0.3) is 5.57 Å². The maximum Gasteiger partial charge on any atom is 0.342 e. The van der Waals surface area contributed by atoms with E-state index in [1.807, 2.05) is 13.8 Å². The third-order valence-electron chi connectivity index (χ3n) is 7.94. The molecule has 0 saturated carbocycles. The van der Waals surface area contributed by atoms with E-state index in [1.165, 1.54) is 32.1 Å². The molecule has 1 atom stereocenters. The highest BCUT2D eigenvalue weighted by Gasteiger charge is 2.48. The van der Waals surface area contributed by atoms with Gasteiger partial charge in [-0.05, 0) is 78.9 Å². The van der Waals surface area contributed by atoms with Crippen molar-refractivity contribution in [1.82, 2.24) is 0 Å². The number of benzene rings is 3. The van der Waals surface area contributed by atoms with Crippen LogP contribution in [0.2, 0.25) is 0 Å². The SMILES string of the molecule is CCCCCCCCOc1c(C)cc(CC2=C(c3ccc4c(c3)OCO4)C(=O)OC2(O)c2ccc(OC)cc2)cc1C. The second kappa shape index (κ2) is 12.9. The zero-order valence-electron chi connectivity index (χ0n) is 25.0. The highest BCUT2D eigenvalue weighted by molar-refractivity contribution is 6.20. The van der Waals surface area contributed by atoms with E-state index in [-0.39, 0.29) is 13.2 Å². The molecule has 5 rings (SSSR count). The molecule has 2 heterocycles. The first-order valence-electron chi connectivity index (χ1n) is 14.8. The standard InChI is InChI=1S/C35H40O7/c1-5-6-7-8-9-10-17-39-33-23(2)18-25(19-24(33)3)20-29-32(26-11-16-30-31(21-26)41-22-40-30)34(36)42-35(29,37)27-12-14-28(38-4)15-13-27/h11-16,18-19,21,37H,5-10,17,20,22H2,1-4H3. The maximum absolute atomic E-state index is 13.4. The lowest BCUT2D eigenvalue weighted by Gasteiger charge is -2.26. The Bertz CT molecular complexity index is 1430. The zero-order valence-corrected chi connectivity index (χ0v) is 25.0. The molecule has 3 aromatic rings. The van der Waals surface area contributed by atoms with Crippen LogP contribution in [-0.2, 0) is 21.7 Å². The van der Waals surface area contributed by atoms with Gasteiger partial charge in [-0.3, -0.25) is 0 Å². The minimum atomic E-state index is -1.95. The van der Waals surface area contributed by atoms with Crippen LogP contribution in [0.3, 0.4) is 0 Å². The van der Waals surface area contributed by atoms with Crippen molar-refractivity contribution in [1.29, 1.82) is 0 Å². The van der Waals surface area contributed by atoms with Crippen LogP contribution in [0, 0.1) is 13.8 Å². The molecule has 0 aromatic heterocycles. The minimum Gasteiger partial charge on any atom is -0.497 e. The van der Waals surface area contributed by atoms with E-state index < -0.39 is 11.8 Å². The van der Waals surface area contributed by atoms with E-state index in [1.54, 1.807) is 49.6 Å². The van der Waals surface area contributed by atoms with Gasteiger partial charge in [0.25, 0.3) is 5.79 Å². The Hall–Kier alpha value is -3.97. The summed E-state index contributed by atoms with van der Waals surface area (Å²) in [6, 6.07) is 16.3. The van der Waals surface area contributed by atoms with Crippen molar-refractivity contribution < 1.29 is 33.6 Å². The van der Waals surface area contributed by atoms with Crippen LogP contribution in [0.1, 0.15) is 73.3 Å². The number of ether oxygens (including phenoxy) is 5. The van der Waals surface area contributed by atoms with E-state index in [0.29, 0.717) is 46.1 Å². The average Bonchev–Trinajstić information content (AvgIpc) is 3.55. The number of methoxy groups -OCH3 is 1. The summed E-state index contributed by atoms with van der Waals surface area (Å²) in [4.78, 5) is 13.4. The monoisotopic (exact) mass is 572 g/mol. The highest BCUT2D eigenvalue weighted by atomic mass is 16.7. The highest BCUT2D eigenvalue weighted by Crippen LogP contribution is 2.46. The van der Waals surface area contributed by atoms with Crippen molar-refractivity contribution in [2.75, 3.05) is 20.5 Å². The van der Waals surface area contributed by atoms with Gasteiger partial charge in [0.2, 0.25) is 6.79 Å². The van der Waals surface area contributed by atoms with Crippen molar-refractivity contribution in [3.8, 4) is 23.0 Å². The summed E-state index contributed by atoms with van der Waals surface area (Å²) in [5.41, 5.74) is 4.77. The molecule has 7 nitrogen and oxygen atoms in total. The van der Waals surface area contributed by atoms with Gasteiger partial charge < -0.3 is 28.8 Å². The number of esters is 1. The van der Waals surface area contributed by atoms with Gasteiger partial charge in [-0.25, -0.2) is 4.79 Å². The number of rotatable bonds is 13. The number of carbonyl (C=O) groups is 1. The first-order chi connectivity index (χ1) is 20.3. The fourth-order valence-corrected chi connectivity index (χ4v) is 5.77. The van der Waals surface area contributed by atoms with Crippen molar-refractivity contribution in [2.24, 2.45) is 0 Å². The molecule has 0 amide bonds. The van der Waals surface area contributed by atoms with Gasteiger partial charge in [0.05, 0.1) is 19.3 Å². The molecule has 42 heavy (non-hydrogen) atoms. The lowest BCUT2D eigenvalue weighted by molar-refractivity contribution is -0.185. The van der Waals surface area contributed by atoms with Crippen LogP contribution in [0.4, 0.5) is 0 Å². The van der Waals surface area contributed by atoms with Gasteiger partial charge in [-0.1, -0.05) is 57.2 Å². The Morgan fingerprint density at radius 1 is 0.881 bits per heavy atom. The summed E-state index contributed by atoms with van der Waals surface area (Å²) < 4.78 is 28.3. The molecule has 0 fully saturated rings. The molecule has 0 aliphatic carbocycles. The van der Waals surface area contributed by atoms with E-state index in [2.05, 4.69) is 19.1 Å². The summed E-state index contributed by atoms with van der Waals surface area (Å²) in [5.74, 6) is 0.127. The molecule has 3 aromatic carbocycles. The normalized spacial score (nSPS) is 17.5. The van der Waals surface area contributed by atoms with E-state index in [9.17, 15) is 9.90 Å². The van der Waals surface area contributed by atoms with Gasteiger partial charge in [0.1, 0.15) is 11.5 Å². The molecule has 2 aliphatic heterocycles. The molecular weight excluding hydrogens is 532 g/mol. The Kier molecular flexibility index (Phi) is 9.07. The third-order valence-corrected chi connectivity index (χ3v) is 7.94. The molecule has 1 unspecified atom stereocenters. The molecule has 2 aliphatic rings. The van der Waals surface area contributed by atoms with Crippen molar-refractivity contribution in [2.45, 2.75) is 71.5 Å². The fraction of sp³-hybridized carbons (Fsp3) is 0.400.